The first-order valence-electron chi connectivity index (χ1n) is 4.77. The largest absolute Gasteiger partial charge is 0.427 e. The number of aryl methyl sites for hydroxylation is 1. The summed E-state index contributed by atoms with van der Waals surface area (Å²) in [5.41, 5.74) is 2.04. The van der Waals surface area contributed by atoms with Crippen LogP contribution in [-0.4, -0.2) is 9.79 Å². The maximum atomic E-state index is 8.86. The van der Waals surface area contributed by atoms with E-state index in [4.69, 9.17) is 14.3 Å². The van der Waals surface area contributed by atoms with Gasteiger partial charge in [-0.2, -0.15) is 0 Å². The van der Waals surface area contributed by atoms with Gasteiger partial charge in [-0.3, -0.25) is 0 Å². The lowest BCUT2D eigenvalue weighted by molar-refractivity contribution is 0.370. The Bertz CT molecular complexity index is 342. The van der Waals surface area contributed by atoms with E-state index >= 15 is 0 Å². The highest BCUT2D eigenvalue weighted by Crippen LogP contribution is 2.37. The molecule has 84 valence electrons. The molecule has 0 aliphatic rings. The fourth-order valence-corrected chi connectivity index (χ4v) is 1.73. The average Bonchev–Trinajstić information content (AvgIpc) is 2.05. The molecule has 0 aliphatic carbocycles. The highest BCUT2D eigenvalue weighted by atomic mass is 31.2. The lowest BCUT2D eigenvalue weighted by Gasteiger charge is -2.23. The van der Waals surface area contributed by atoms with Crippen molar-refractivity contribution in [3.8, 4) is 5.75 Å². The Hall–Kier alpha value is -0.630. The van der Waals surface area contributed by atoms with Crippen LogP contribution in [0, 0.1) is 6.92 Å². The van der Waals surface area contributed by atoms with E-state index in [1.54, 1.807) is 6.07 Å². The van der Waals surface area contributed by atoms with Crippen molar-refractivity contribution in [2.24, 2.45) is 0 Å². The van der Waals surface area contributed by atoms with Gasteiger partial charge in [0.1, 0.15) is 5.75 Å². The van der Waals surface area contributed by atoms with E-state index in [2.05, 4.69) is 20.8 Å². The van der Waals surface area contributed by atoms with Crippen molar-refractivity contribution in [1.82, 2.24) is 0 Å². The average molecular weight is 228 g/mol. The summed E-state index contributed by atoms with van der Waals surface area (Å²) in [6, 6.07) is 5.68. The first kappa shape index (κ1) is 12.4. The lowest BCUT2D eigenvalue weighted by Crippen LogP contribution is -2.12. The van der Waals surface area contributed by atoms with Gasteiger partial charge in [-0.05, 0) is 18.4 Å². The van der Waals surface area contributed by atoms with Crippen molar-refractivity contribution in [1.29, 1.82) is 0 Å². The molecule has 0 amide bonds. The third-order valence-corrected chi connectivity index (χ3v) is 2.48. The number of rotatable bonds is 2. The van der Waals surface area contributed by atoms with Gasteiger partial charge < -0.3 is 14.3 Å². The van der Waals surface area contributed by atoms with Crippen LogP contribution in [0.15, 0.2) is 18.2 Å². The Morgan fingerprint density at radius 3 is 2.27 bits per heavy atom. The van der Waals surface area contributed by atoms with E-state index in [-0.39, 0.29) is 5.41 Å². The smallest absolute Gasteiger partial charge is 0.391 e. The second-order valence-electron chi connectivity index (χ2n) is 4.59. The fraction of sp³-hybridized carbons (Fsp3) is 0.455. The normalized spacial score (nSPS) is 11.9. The van der Waals surface area contributed by atoms with Crippen molar-refractivity contribution in [3.05, 3.63) is 29.3 Å². The third-order valence-electron chi connectivity index (χ3n) is 2.12. The lowest BCUT2D eigenvalue weighted by atomic mass is 9.85. The van der Waals surface area contributed by atoms with Gasteiger partial charge in [-0.25, -0.2) is 0 Å². The van der Waals surface area contributed by atoms with Crippen LogP contribution in [0.4, 0.5) is 0 Å². The van der Waals surface area contributed by atoms with Gasteiger partial charge in [0, 0.05) is 5.56 Å². The Kier molecular flexibility index (Phi) is 3.72. The minimum absolute atomic E-state index is 0.0767. The summed E-state index contributed by atoms with van der Waals surface area (Å²) in [4.78, 5) is 17.7. The van der Waals surface area contributed by atoms with Gasteiger partial charge in [0.15, 0.2) is 0 Å². The van der Waals surface area contributed by atoms with Gasteiger partial charge in [0.2, 0.25) is 0 Å². The van der Waals surface area contributed by atoms with Crippen molar-refractivity contribution >= 4 is 8.60 Å². The molecule has 0 fully saturated rings. The zero-order valence-corrected chi connectivity index (χ0v) is 10.4. The molecule has 15 heavy (non-hydrogen) atoms. The monoisotopic (exact) mass is 228 g/mol. The Balaban J connectivity index is 3.15. The number of hydrogen-bond donors (Lipinski definition) is 2. The maximum absolute atomic E-state index is 8.86. The molecule has 0 aliphatic heterocycles. The molecular weight excluding hydrogens is 211 g/mol. The zero-order valence-electron chi connectivity index (χ0n) is 9.48. The van der Waals surface area contributed by atoms with Gasteiger partial charge >= 0.3 is 8.60 Å². The molecule has 3 nitrogen and oxygen atoms in total. The molecule has 2 N–H and O–H groups in total. The van der Waals surface area contributed by atoms with Crippen molar-refractivity contribution < 1.29 is 14.3 Å². The Morgan fingerprint density at radius 2 is 1.80 bits per heavy atom. The predicted octanol–water partition coefficient (Wildman–Crippen LogP) is 2.88. The van der Waals surface area contributed by atoms with Crippen LogP contribution in [0.3, 0.4) is 0 Å². The summed E-state index contributed by atoms with van der Waals surface area (Å²) >= 11 is 0. The van der Waals surface area contributed by atoms with Gasteiger partial charge in [0.05, 0.1) is 0 Å². The first-order chi connectivity index (χ1) is 6.80. The summed E-state index contributed by atoms with van der Waals surface area (Å²) in [6.45, 7) is 8.18. The third kappa shape index (κ3) is 3.45. The molecule has 4 heteroatoms. The molecule has 0 heterocycles. The molecular formula is C11H17O3P. The van der Waals surface area contributed by atoms with Crippen LogP contribution < -0.4 is 4.52 Å². The van der Waals surface area contributed by atoms with E-state index in [0.29, 0.717) is 5.75 Å². The van der Waals surface area contributed by atoms with Crippen LogP contribution in [-0.2, 0) is 5.41 Å². The van der Waals surface area contributed by atoms with Crippen LogP contribution >= 0.6 is 8.60 Å². The maximum Gasteiger partial charge on any atom is 0.391 e. The number of benzene rings is 1. The molecule has 0 radical (unpaired) electrons. The summed E-state index contributed by atoms with van der Waals surface area (Å²) in [5, 5.41) is 0. The van der Waals surface area contributed by atoms with E-state index < -0.39 is 8.60 Å². The number of hydrogen-bond acceptors (Lipinski definition) is 3. The van der Waals surface area contributed by atoms with E-state index in [0.717, 1.165) is 11.1 Å². The minimum atomic E-state index is -2.35. The van der Waals surface area contributed by atoms with E-state index in [9.17, 15) is 0 Å². The van der Waals surface area contributed by atoms with Gasteiger partial charge in [-0.15, -0.1) is 0 Å². The summed E-state index contributed by atoms with van der Waals surface area (Å²) in [6.07, 6.45) is 0. The second kappa shape index (κ2) is 4.48. The Morgan fingerprint density at radius 1 is 1.20 bits per heavy atom. The SMILES string of the molecule is Cc1ccc(OP(O)O)c(C(C)(C)C)c1. The van der Waals surface area contributed by atoms with Crippen molar-refractivity contribution in [2.75, 3.05) is 0 Å². The van der Waals surface area contributed by atoms with E-state index in [1.807, 2.05) is 19.1 Å². The minimum Gasteiger partial charge on any atom is -0.427 e. The van der Waals surface area contributed by atoms with Crippen LogP contribution in [0.2, 0.25) is 0 Å². The molecule has 0 spiro atoms. The molecule has 0 bridgehead atoms. The molecule has 0 aromatic heterocycles. The highest BCUT2D eigenvalue weighted by molar-refractivity contribution is 7.39. The molecule has 0 atom stereocenters. The molecule has 1 rings (SSSR count). The van der Waals surface area contributed by atoms with Gasteiger partial charge in [0.25, 0.3) is 0 Å². The fourth-order valence-electron chi connectivity index (χ4n) is 1.40. The molecule has 1 aromatic rings. The second-order valence-corrected chi connectivity index (χ2v) is 5.28. The van der Waals surface area contributed by atoms with Gasteiger partial charge in [-0.1, -0.05) is 38.5 Å². The first-order valence-corrected chi connectivity index (χ1v) is 5.94. The van der Waals surface area contributed by atoms with Crippen molar-refractivity contribution in [3.63, 3.8) is 0 Å². The van der Waals surface area contributed by atoms with Crippen LogP contribution in [0.1, 0.15) is 31.9 Å². The summed E-state index contributed by atoms with van der Waals surface area (Å²) in [7, 11) is -2.35. The molecule has 1 aromatic carbocycles. The Labute approximate surface area is 91.7 Å². The molecule has 0 saturated heterocycles. The quantitative estimate of drug-likeness (QED) is 0.765. The summed E-state index contributed by atoms with van der Waals surface area (Å²) in [5.74, 6) is 0.546. The zero-order chi connectivity index (χ0) is 11.6. The predicted molar refractivity (Wildman–Crippen MR) is 61.9 cm³/mol. The van der Waals surface area contributed by atoms with E-state index in [1.165, 1.54) is 0 Å². The molecule has 0 saturated carbocycles. The van der Waals surface area contributed by atoms with Crippen molar-refractivity contribution in [2.45, 2.75) is 33.1 Å². The van der Waals surface area contributed by atoms with Crippen LogP contribution in [0.25, 0.3) is 0 Å². The highest BCUT2D eigenvalue weighted by Gasteiger charge is 2.20. The standard InChI is InChI=1S/C11H17O3P/c1-8-5-6-10(14-15(12)13)9(7-8)11(2,3)4/h5-7,12-13H,1-4H3. The summed E-state index contributed by atoms with van der Waals surface area (Å²) < 4.78 is 5.00. The van der Waals surface area contributed by atoms with Crippen LogP contribution in [0.5, 0.6) is 5.75 Å². The topological polar surface area (TPSA) is 49.7 Å². The molecule has 0 unspecified atom stereocenters.